The van der Waals surface area contributed by atoms with E-state index in [-0.39, 0.29) is 10.8 Å². The molecule has 0 bridgehead atoms. The van der Waals surface area contributed by atoms with Crippen molar-refractivity contribution >= 4 is 53.8 Å². The van der Waals surface area contributed by atoms with Crippen LogP contribution >= 0.6 is 47.8 Å². The Labute approximate surface area is 85.1 Å². The Morgan fingerprint density at radius 1 is 1.50 bits per heavy atom. The van der Waals surface area contributed by atoms with Crippen LogP contribution in [-0.2, 0) is 9.53 Å². The summed E-state index contributed by atoms with van der Waals surface area (Å²) in [5.74, 6) is -0.226. The smallest absolute Gasteiger partial charge is 0.320 e. The van der Waals surface area contributed by atoms with Crippen LogP contribution < -0.4 is 0 Å². The van der Waals surface area contributed by atoms with Gasteiger partial charge in [0.2, 0.25) is 0 Å². The highest BCUT2D eigenvalue weighted by molar-refractivity contribution is 9.12. The molecule has 0 fully saturated rings. The summed E-state index contributed by atoms with van der Waals surface area (Å²) in [5, 5.41) is 1.26. The van der Waals surface area contributed by atoms with E-state index in [9.17, 15) is 4.79 Å². The van der Waals surface area contributed by atoms with Gasteiger partial charge in [-0.25, -0.2) is 0 Å². The van der Waals surface area contributed by atoms with Crippen molar-refractivity contribution in [1.29, 1.82) is 0 Å². The fourth-order valence-corrected chi connectivity index (χ4v) is 0.851. The molecule has 2 nitrogen and oxygen atoms in total. The molecule has 0 saturated heterocycles. The fraction of sp³-hybridized carbons (Fsp3) is 0.800. The molecule has 0 aromatic rings. The van der Waals surface area contributed by atoms with E-state index in [1.165, 1.54) is 0 Å². The van der Waals surface area contributed by atoms with Crippen LogP contribution in [0.4, 0.5) is 0 Å². The Balaban J connectivity index is 3.42. The van der Waals surface area contributed by atoms with Crippen LogP contribution in [0.2, 0.25) is 0 Å². The monoisotopic (exact) mass is 336 g/mol. The van der Waals surface area contributed by atoms with Gasteiger partial charge in [0.1, 0.15) is 11.4 Å². The first kappa shape index (κ1) is 10.9. The molecule has 0 heterocycles. The van der Waals surface area contributed by atoms with Crippen molar-refractivity contribution in [2.45, 2.75) is 4.83 Å². The number of esters is 1. The Morgan fingerprint density at radius 3 is 2.50 bits per heavy atom. The van der Waals surface area contributed by atoms with Crippen molar-refractivity contribution in [3.63, 3.8) is 0 Å². The molecular formula is C5H7Br3O2. The number of hydrogen-bond donors (Lipinski definition) is 0. The largest absolute Gasteiger partial charge is 0.464 e. The molecule has 0 aliphatic rings. The summed E-state index contributed by atoms with van der Waals surface area (Å²) in [6.07, 6.45) is 0. The summed E-state index contributed by atoms with van der Waals surface area (Å²) < 4.78 is 4.78. The quantitative estimate of drug-likeness (QED) is 0.579. The molecule has 0 aromatic heterocycles. The van der Waals surface area contributed by atoms with Crippen LogP contribution in [0.15, 0.2) is 0 Å². The number of alkyl halides is 3. The second kappa shape index (κ2) is 6.61. The molecule has 0 radical (unpaired) electrons. The normalized spacial score (nSPS) is 12.7. The highest BCUT2D eigenvalue weighted by Gasteiger charge is 2.13. The summed E-state index contributed by atoms with van der Waals surface area (Å²) in [5.41, 5.74) is 0. The third-order valence-electron chi connectivity index (χ3n) is 0.713. The number of rotatable bonds is 4. The van der Waals surface area contributed by atoms with E-state index in [0.29, 0.717) is 17.3 Å². The van der Waals surface area contributed by atoms with E-state index in [0.717, 1.165) is 0 Å². The second-order valence-electron chi connectivity index (χ2n) is 1.48. The molecule has 0 N–H and O–H groups in total. The van der Waals surface area contributed by atoms with Gasteiger partial charge >= 0.3 is 5.97 Å². The van der Waals surface area contributed by atoms with Crippen LogP contribution in [0.5, 0.6) is 0 Å². The lowest BCUT2D eigenvalue weighted by atomic mass is 10.5. The van der Waals surface area contributed by atoms with Gasteiger partial charge in [-0.05, 0) is 0 Å². The molecular weight excluding hydrogens is 332 g/mol. The Morgan fingerprint density at radius 2 is 2.10 bits per heavy atom. The maximum Gasteiger partial charge on any atom is 0.320 e. The molecule has 1 atom stereocenters. The summed E-state index contributed by atoms with van der Waals surface area (Å²) in [4.78, 5) is 10.6. The molecule has 10 heavy (non-hydrogen) atoms. The van der Waals surface area contributed by atoms with Crippen molar-refractivity contribution in [3.05, 3.63) is 0 Å². The minimum atomic E-state index is -0.230. The van der Waals surface area contributed by atoms with Crippen LogP contribution in [0.3, 0.4) is 0 Å². The third kappa shape index (κ3) is 4.68. The lowest BCUT2D eigenvalue weighted by Crippen LogP contribution is -2.19. The standard InChI is InChI=1S/C5H7Br3O2/c6-1-2-10-5(9)4(8)3-7/h4H,1-3H2. The van der Waals surface area contributed by atoms with Gasteiger partial charge in [0.05, 0.1) is 0 Å². The van der Waals surface area contributed by atoms with Gasteiger partial charge in [0, 0.05) is 10.7 Å². The number of carbonyl (C=O) groups excluding carboxylic acids is 1. The van der Waals surface area contributed by atoms with E-state index >= 15 is 0 Å². The van der Waals surface area contributed by atoms with Gasteiger partial charge in [-0.2, -0.15) is 0 Å². The van der Waals surface area contributed by atoms with Crippen LogP contribution in [0, 0.1) is 0 Å². The van der Waals surface area contributed by atoms with Crippen molar-refractivity contribution in [2.75, 3.05) is 17.3 Å². The number of ether oxygens (including phenoxy) is 1. The van der Waals surface area contributed by atoms with Gasteiger partial charge in [-0.3, -0.25) is 4.79 Å². The van der Waals surface area contributed by atoms with Crippen LogP contribution in [-0.4, -0.2) is 28.1 Å². The molecule has 0 amide bonds. The van der Waals surface area contributed by atoms with Gasteiger partial charge in [-0.1, -0.05) is 47.8 Å². The zero-order valence-electron chi connectivity index (χ0n) is 5.15. The molecule has 0 aliphatic heterocycles. The summed E-state index contributed by atoms with van der Waals surface area (Å²) in [6, 6.07) is 0. The van der Waals surface area contributed by atoms with Crippen LogP contribution in [0.25, 0.3) is 0 Å². The fourth-order valence-electron chi connectivity index (χ4n) is 0.293. The zero-order valence-corrected chi connectivity index (χ0v) is 9.91. The van der Waals surface area contributed by atoms with Gasteiger partial charge in [0.25, 0.3) is 0 Å². The summed E-state index contributed by atoms with van der Waals surface area (Å²) in [6.45, 7) is 0.425. The summed E-state index contributed by atoms with van der Waals surface area (Å²) in [7, 11) is 0. The Bertz CT molecular complexity index is 107. The lowest BCUT2D eigenvalue weighted by Gasteiger charge is -2.04. The van der Waals surface area contributed by atoms with Crippen molar-refractivity contribution < 1.29 is 9.53 Å². The molecule has 5 heteroatoms. The van der Waals surface area contributed by atoms with E-state index in [2.05, 4.69) is 47.8 Å². The predicted octanol–water partition coefficient (Wildman–Crippen LogP) is 2.08. The third-order valence-corrected chi connectivity index (χ3v) is 3.25. The summed E-state index contributed by atoms with van der Waals surface area (Å²) >= 11 is 9.43. The lowest BCUT2D eigenvalue weighted by molar-refractivity contribution is -0.141. The number of halogens is 3. The molecule has 0 rings (SSSR count). The van der Waals surface area contributed by atoms with Crippen molar-refractivity contribution in [1.82, 2.24) is 0 Å². The molecule has 60 valence electrons. The van der Waals surface area contributed by atoms with Gasteiger partial charge in [-0.15, -0.1) is 0 Å². The zero-order chi connectivity index (χ0) is 7.98. The minimum absolute atomic E-state index is 0.226. The molecule has 0 aromatic carbocycles. The maximum absolute atomic E-state index is 10.8. The Kier molecular flexibility index (Phi) is 7.21. The first-order valence-electron chi connectivity index (χ1n) is 2.65. The number of carbonyl (C=O) groups is 1. The van der Waals surface area contributed by atoms with E-state index in [1.807, 2.05) is 0 Å². The van der Waals surface area contributed by atoms with Crippen molar-refractivity contribution in [3.8, 4) is 0 Å². The average molecular weight is 339 g/mol. The molecule has 0 saturated carbocycles. The van der Waals surface area contributed by atoms with Crippen LogP contribution in [0.1, 0.15) is 0 Å². The predicted molar refractivity (Wildman–Crippen MR) is 51.3 cm³/mol. The Hall–Kier alpha value is 0.910. The van der Waals surface area contributed by atoms with E-state index in [1.54, 1.807) is 0 Å². The van der Waals surface area contributed by atoms with Gasteiger partial charge in [0.15, 0.2) is 0 Å². The SMILES string of the molecule is O=C(OCCBr)C(Br)CBr. The maximum atomic E-state index is 10.8. The van der Waals surface area contributed by atoms with E-state index < -0.39 is 0 Å². The molecule has 0 aliphatic carbocycles. The molecule has 1 unspecified atom stereocenters. The highest BCUT2D eigenvalue weighted by atomic mass is 79.9. The second-order valence-corrected chi connectivity index (χ2v) is 4.02. The molecule has 0 spiro atoms. The van der Waals surface area contributed by atoms with Crippen molar-refractivity contribution in [2.24, 2.45) is 0 Å². The number of hydrogen-bond acceptors (Lipinski definition) is 2. The first-order chi connectivity index (χ1) is 4.72. The average Bonchev–Trinajstić information content (AvgIpc) is 1.98. The first-order valence-corrected chi connectivity index (χ1v) is 5.81. The minimum Gasteiger partial charge on any atom is -0.464 e. The van der Waals surface area contributed by atoms with Gasteiger partial charge < -0.3 is 4.74 Å². The highest BCUT2D eigenvalue weighted by Crippen LogP contribution is 2.05. The van der Waals surface area contributed by atoms with E-state index in [4.69, 9.17) is 4.74 Å². The topological polar surface area (TPSA) is 26.3 Å².